The smallest absolute Gasteiger partial charge is 0.289 e. The van der Waals surface area contributed by atoms with Gasteiger partial charge in [0.1, 0.15) is 11.6 Å². The van der Waals surface area contributed by atoms with Gasteiger partial charge in [0.05, 0.1) is 24.1 Å². The lowest BCUT2D eigenvalue weighted by Crippen LogP contribution is -2.45. The van der Waals surface area contributed by atoms with Crippen LogP contribution in [0.25, 0.3) is 0 Å². The number of piperazine rings is 1. The Kier molecular flexibility index (Phi) is 5.72. The minimum absolute atomic E-state index is 0.183. The van der Waals surface area contributed by atoms with Gasteiger partial charge in [0.15, 0.2) is 5.76 Å². The highest BCUT2D eigenvalue weighted by molar-refractivity contribution is 5.91. The van der Waals surface area contributed by atoms with E-state index >= 15 is 0 Å². The number of carbonyl (C=O) groups is 1. The zero-order valence-corrected chi connectivity index (χ0v) is 18.8. The van der Waals surface area contributed by atoms with E-state index in [1.165, 1.54) is 12.3 Å². The van der Waals surface area contributed by atoms with Crippen molar-refractivity contribution in [2.75, 3.05) is 44.7 Å². The van der Waals surface area contributed by atoms with Crippen LogP contribution in [0.1, 0.15) is 27.4 Å². The lowest BCUT2D eigenvalue weighted by molar-refractivity contribution is 0.0699. The number of benzene rings is 1. The Balaban J connectivity index is 1.49. The third kappa shape index (κ3) is 4.41. The fourth-order valence-electron chi connectivity index (χ4n) is 4.13. The summed E-state index contributed by atoms with van der Waals surface area (Å²) in [4.78, 5) is 28.6. The summed E-state index contributed by atoms with van der Waals surface area (Å²) in [5.41, 5.74) is 2.13. The van der Waals surface area contributed by atoms with Gasteiger partial charge in [0.25, 0.3) is 5.91 Å². The van der Waals surface area contributed by atoms with Gasteiger partial charge < -0.3 is 23.9 Å². The molecular formula is C24H26FN5O3. The van der Waals surface area contributed by atoms with E-state index in [-0.39, 0.29) is 11.7 Å². The molecule has 3 aromatic rings. The minimum atomic E-state index is -0.291. The first kappa shape index (κ1) is 21.4. The molecule has 8 nitrogen and oxygen atoms in total. The van der Waals surface area contributed by atoms with Crippen LogP contribution in [-0.4, -0.2) is 65.4 Å². The Morgan fingerprint density at radius 2 is 1.94 bits per heavy atom. The zero-order chi connectivity index (χ0) is 22.9. The largest absolute Gasteiger partial charge is 0.459 e. The van der Waals surface area contributed by atoms with E-state index in [1.54, 1.807) is 36.1 Å². The van der Waals surface area contributed by atoms with E-state index in [0.29, 0.717) is 48.4 Å². The average Bonchev–Trinajstić information content (AvgIpc) is 3.36. The number of ether oxygens (including phenoxy) is 1. The Hall–Kier alpha value is -3.46. The summed E-state index contributed by atoms with van der Waals surface area (Å²) in [5.74, 6) is 1.34. The number of furan rings is 1. The van der Waals surface area contributed by atoms with Gasteiger partial charge in [-0.1, -0.05) is 0 Å². The first-order valence-electron chi connectivity index (χ1n) is 11.1. The minimum Gasteiger partial charge on any atom is -0.459 e. The molecule has 9 heteroatoms. The van der Waals surface area contributed by atoms with E-state index in [9.17, 15) is 9.18 Å². The molecule has 4 heterocycles. The molecule has 33 heavy (non-hydrogen) atoms. The normalized spacial score (nSPS) is 16.6. The van der Waals surface area contributed by atoms with Crippen molar-refractivity contribution in [2.24, 2.45) is 0 Å². The standard InChI is InChI=1S/C24H26FN5O3/c1-16-14-17(5-6-19(16)25)33-22-18-15-30(23(31)21-4-3-13-32-21)8-7-20(18)26-24(27-22)29-11-9-28(2)10-12-29/h3-6,13-14H,7-12,15H2,1-2H3. The molecule has 1 fully saturated rings. The van der Waals surface area contributed by atoms with Gasteiger partial charge in [0.2, 0.25) is 11.8 Å². The summed E-state index contributed by atoms with van der Waals surface area (Å²) in [6.45, 7) is 6.05. The van der Waals surface area contributed by atoms with Crippen LogP contribution in [0, 0.1) is 12.7 Å². The maximum atomic E-state index is 13.8. The molecule has 1 amide bonds. The molecule has 172 valence electrons. The Morgan fingerprint density at radius 3 is 2.67 bits per heavy atom. The topological polar surface area (TPSA) is 74.9 Å². The molecule has 0 aliphatic carbocycles. The van der Waals surface area contributed by atoms with Gasteiger partial charge >= 0.3 is 0 Å². The lowest BCUT2D eigenvalue weighted by atomic mass is 10.1. The van der Waals surface area contributed by atoms with Gasteiger partial charge in [-0.2, -0.15) is 4.98 Å². The first-order valence-corrected chi connectivity index (χ1v) is 11.1. The van der Waals surface area contributed by atoms with Gasteiger partial charge in [-0.15, -0.1) is 0 Å². The number of likely N-dealkylation sites (N-methyl/N-ethyl adjacent to an activating group) is 1. The molecule has 1 aromatic carbocycles. The van der Waals surface area contributed by atoms with Crippen molar-refractivity contribution in [3.8, 4) is 11.6 Å². The highest BCUT2D eigenvalue weighted by Gasteiger charge is 2.29. The molecule has 0 unspecified atom stereocenters. The third-order valence-electron chi connectivity index (χ3n) is 6.16. The molecule has 1 saturated heterocycles. The highest BCUT2D eigenvalue weighted by Crippen LogP contribution is 2.32. The molecule has 5 rings (SSSR count). The van der Waals surface area contributed by atoms with Crippen molar-refractivity contribution in [1.29, 1.82) is 0 Å². The number of anilines is 1. The maximum absolute atomic E-state index is 13.8. The molecule has 2 aliphatic rings. The van der Waals surface area contributed by atoms with Crippen LogP contribution < -0.4 is 9.64 Å². The van der Waals surface area contributed by atoms with Crippen molar-refractivity contribution >= 4 is 11.9 Å². The molecule has 0 saturated carbocycles. The van der Waals surface area contributed by atoms with E-state index in [4.69, 9.17) is 19.1 Å². The van der Waals surface area contributed by atoms with Crippen molar-refractivity contribution in [3.63, 3.8) is 0 Å². The number of aromatic nitrogens is 2. The van der Waals surface area contributed by atoms with Crippen molar-refractivity contribution in [3.05, 3.63) is 65.0 Å². The van der Waals surface area contributed by atoms with Crippen LogP contribution in [-0.2, 0) is 13.0 Å². The van der Waals surface area contributed by atoms with Crippen LogP contribution in [0.4, 0.5) is 10.3 Å². The maximum Gasteiger partial charge on any atom is 0.289 e. The van der Waals surface area contributed by atoms with Gasteiger partial charge in [-0.25, -0.2) is 9.37 Å². The fraction of sp³-hybridized carbons (Fsp3) is 0.375. The monoisotopic (exact) mass is 451 g/mol. The molecule has 0 spiro atoms. The van der Waals surface area contributed by atoms with Crippen LogP contribution in [0.2, 0.25) is 0 Å². The van der Waals surface area contributed by atoms with Crippen LogP contribution in [0.5, 0.6) is 11.6 Å². The summed E-state index contributed by atoms with van der Waals surface area (Å²) in [6.07, 6.45) is 2.08. The third-order valence-corrected chi connectivity index (χ3v) is 6.16. The van der Waals surface area contributed by atoms with E-state index in [1.807, 2.05) is 0 Å². The van der Waals surface area contributed by atoms with Crippen LogP contribution in [0.15, 0.2) is 41.0 Å². The van der Waals surface area contributed by atoms with E-state index < -0.39 is 0 Å². The summed E-state index contributed by atoms with van der Waals surface area (Å²) < 4.78 is 25.2. The molecule has 0 radical (unpaired) electrons. The molecule has 0 atom stereocenters. The van der Waals surface area contributed by atoms with Crippen LogP contribution >= 0.6 is 0 Å². The highest BCUT2D eigenvalue weighted by atomic mass is 19.1. The molecule has 2 aromatic heterocycles. The van der Waals surface area contributed by atoms with E-state index in [0.717, 1.165) is 37.4 Å². The molecule has 2 aliphatic heterocycles. The second kappa shape index (κ2) is 8.82. The zero-order valence-electron chi connectivity index (χ0n) is 18.8. The Morgan fingerprint density at radius 1 is 1.12 bits per heavy atom. The van der Waals surface area contributed by atoms with Crippen molar-refractivity contribution < 1.29 is 18.3 Å². The number of halogens is 1. The van der Waals surface area contributed by atoms with Crippen LogP contribution in [0.3, 0.4) is 0 Å². The number of fused-ring (bicyclic) bond motifs is 1. The molecule has 0 bridgehead atoms. The average molecular weight is 452 g/mol. The number of rotatable bonds is 4. The number of nitrogens with zero attached hydrogens (tertiary/aromatic N) is 5. The van der Waals surface area contributed by atoms with E-state index in [2.05, 4.69) is 16.8 Å². The number of aryl methyl sites for hydroxylation is 1. The number of hydrogen-bond acceptors (Lipinski definition) is 7. The predicted octanol–water partition coefficient (Wildman–Crippen LogP) is 3.26. The summed E-state index contributed by atoms with van der Waals surface area (Å²) in [5, 5.41) is 0. The van der Waals surface area contributed by atoms with Crippen molar-refractivity contribution in [2.45, 2.75) is 19.9 Å². The number of carbonyl (C=O) groups excluding carboxylic acids is 1. The predicted molar refractivity (Wildman–Crippen MR) is 120 cm³/mol. The van der Waals surface area contributed by atoms with Gasteiger partial charge in [0, 0.05) is 39.1 Å². The molecule has 0 N–H and O–H groups in total. The van der Waals surface area contributed by atoms with Gasteiger partial charge in [-0.3, -0.25) is 4.79 Å². The summed E-state index contributed by atoms with van der Waals surface area (Å²) in [7, 11) is 2.10. The fourth-order valence-corrected chi connectivity index (χ4v) is 4.13. The lowest BCUT2D eigenvalue weighted by Gasteiger charge is -2.34. The Bertz CT molecular complexity index is 1160. The second-order valence-electron chi connectivity index (χ2n) is 8.51. The van der Waals surface area contributed by atoms with Crippen molar-refractivity contribution in [1.82, 2.24) is 19.8 Å². The number of hydrogen-bond donors (Lipinski definition) is 0. The quantitative estimate of drug-likeness (QED) is 0.603. The summed E-state index contributed by atoms with van der Waals surface area (Å²) >= 11 is 0. The Labute approximate surface area is 191 Å². The second-order valence-corrected chi connectivity index (χ2v) is 8.51. The SMILES string of the molecule is Cc1cc(Oc2nc(N3CCN(C)CC3)nc3c2CN(C(=O)c2ccco2)CC3)ccc1F. The number of amides is 1. The first-order chi connectivity index (χ1) is 16.0. The summed E-state index contributed by atoms with van der Waals surface area (Å²) in [6, 6.07) is 7.97. The van der Waals surface area contributed by atoms with Gasteiger partial charge in [-0.05, 0) is 49.9 Å². The molecular weight excluding hydrogens is 425 g/mol.